The maximum atomic E-state index is 12.3. The van der Waals surface area contributed by atoms with E-state index in [9.17, 15) is 8.42 Å². The van der Waals surface area contributed by atoms with Crippen molar-refractivity contribution in [3.05, 3.63) is 28.2 Å². The monoisotopic (exact) mass is 335 g/mol. The SMILES string of the molecule is CC(C)(C)NS(=O)(=O)c1cc(Br)ccc1CCO. The Morgan fingerprint density at radius 1 is 1.33 bits per heavy atom. The fraction of sp³-hybridized carbons (Fsp3) is 0.500. The van der Waals surface area contributed by atoms with Crippen LogP contribution in [0.15, 0.2) is 27.6 Å². The van der Waals surface area contributed by atoms with E-state index in [1.807, 2.05) is 0 Å². The molecule has 0 heterocycles. The van der Waals surface area contributed by atoms with Crippen molar-refractivity contribution >= 4 is 26.0 Å². The van der Waals surface area contributed by atoms with E-state index in [1.54, 1.807) is 39.0 Å². The van der Waals surface area contributed by atoms with Crippen LogP contribution in [0.1, 0.15) is 26.3 Å². The van der Waals surface area contributed by atoms with Crippen molar-refractivity contribution in [3.8, 4) is 0 Å². The van der Waals surface area contributed by atoms with Crippen LogP contribution in [-0.4, -0.2) is 25.7 Å². The molecule has 2 N–H and O–H groups in total. The van der Waals surface area contributed by atoms with Crippen molar-refractivity contribution in [2.45, 2.75) is 37.6 Å². The minimum Gasteiger partial charge on any atom is -0.396 e. The molecule has 0 atom stereocenters. The largest absolute Gasteiger partial charge is 0.396 e. The summed E-state index contributed by atoms with van der Waals surface area (Å²) < 4.78 is 27.9. The van der Waals surface area contributed by atoms with Crippen molar-refractivity contribution in [2.24, 2.45) is 0 Å². The molecule has 0 aliphatic heterocycles. The van der Waals surface area contributed by atoms with E-state index in [-0.39, 0.29) is 11.5 Å². The van der Waals surface area contributed by atoms with E-state index in [2.05, 4.69) is 20.7 Å². The van der Waals surface area contributed by atoms with Gasteiger partial charge in [0.25, 0.3) is 0 Å². The summed E-state index contributed by atoms with van der Waals surface area (Å²) in [5, 5.41) is 8.98. The zero-order valence-corrected chi connectivity index (χ0v) is 13.1. The van der Waals surface area contributed by atoms with E-state index in [0.29, 0.717) is 16.5 Å². The Balaban J connectivity index is 3.26. The van der Waals surface area contributed by atoms with E-state index in [0.717, 1.165) is 0 Å². The lowest BCUT2D eigenvalue weighted by Crippen LogP contribution is -2.40. The molecule has 102 valence electrons. The smallest absolute Gasteiger partial charge is 0.241 e. The summed E-state index contributed by atoms with van der Waals surface area (Å²) in [7, 11) is -3.58. The predicted molar refractivity (Wildman–Crippen MR) is 75.0 cm³/mol. The summed E-state index contributed by atoms with van der Waals surface area (Å²) in [6, 6.07) is 5.03. The van der Waals surface area contributed by atoms with Crippen LogP contribution < -0.4 is 4.72 Å². The van der Waals surface area contributed by atoms with Gasteiger partial charge in [-0.05, 0) is 44.9 Å². The quantitative estimate of drug-likeness (QED) is 0.885. The van der Waals surface area contributed by atoms with Gasteiger partial charge in [0.05, 0.1) is 4.90 Å². The third-order valence-corrected chi connectivity index (χ3v) is 4.47. The Morgan fingerprint density at radius 3 is 2.44 bits per heavy atom. The van der Waals surface area contributed by atoms with Gasteiger partial charge in [0.15, 0.2) is 0 Å². The average molecular weight is 336 g/mol. The predicted octanol–water partition coefficient (Wildman–Crippen LogP) is 2.06. The van der Waals surface area contributed by atoms with Gasteiger partial charge in [-0.1, -0.05) is 22.0 Å². The van der Waals surface area contributed by atoms with Crippen molar-refractivity contribution in [1.82, 2.24) is 4.72 Å². The Kier molecular flexibility index (Phi) is 4.94. The highest BCUT2D eigenvalue weighted by atomic mass is 79.9. The van der Waals surface area contributed by atoms with Crippen LogP contribution in [0.2, 0.25) is 0 Å². The topological polar surface area (TPSA) is 66.4 Å². The third-order valence-electron chi connectivity index (χ3n) is 2.14. The molecule has 1 aromatic carbocycles. The molecular weight excluding hydrogens is 318 g/mol. The Hall–Kier alpha value is -0.430. The van der Waals surface area contributed by atoms with Gasteiger partial charge in [0, 0.05) is 16.6 Å². The van der Waals surface area contributed by atoms with Crippen LogP contribution in [-0.2, 0) is 16.4 Å². The van der Waals surface area contributed by atoms with E-state index < -0.39 is 15.6 Å². The second-order valence-corrected chi connectivity index (χ2v) is 7.65. The first-order valence-electron chi connectivity index (χ1n) is 5.59. The van der Waals surface area contributed by atoms with Gasteiger partial charge in [-0.15, -0.1) is 0 Å². The summed E-state index contributed by atoms with van der Waals surface area (Å²) in [6.07, 6.45) is 0.313. The van der Waals surface area contributed by atoms with E-state index in [1.165, 1.54) is 0 Å². The van der Waals surface area contributed by atoms with Crippen LogP contribution >= 0.6 is 15.9 Å². The van der Waals surface area contributed by atoms with Crippen LogP contribution in [0.5, 0.6) is 0 Å². The highest BCUT2D eigenvalue weighted by molar-refractivity contribution is 9.10. The molecule has 4 nitrogen and oxygen atoms in total. The molecule has 0 bridgehead atoms. The minimum absolute atomic E-state index is 0.0837. The van der Waals surface area contributed by atoms with Gasteiger partial charge in [-0.3, -0.25) is 0 Å². The maximum Gasteiger partial charge on any atom is 0.241 e. The Labute approximate surface area is 117 Å². The number of sulfonamides is 1. The third kappa shape index (κ3) is 4.35. The first-order chi connectivity index (χ1) is 8.15. The van der Waals surface area contributed by atoms with Gasteiger partial charge in [-0.2, -0.15) is 0 Å². The maximum absolute atomic E-state index is 12.3. The van der Waals surface area contributed by atoms with Crippen molar-refractivity contribution < 1.29 is 13.5 Å². The summed E-state index contributed by atoms with van der Waals surface area (Å²) >= 11 is 3.26. The second-order valence-electron chi connectivity index (χ2n) is 5.08. The minimum atomic E-state index is -3.58. The van der Waals surface area contributed by atoms with E-state index in [4.69, 9.17) is 5.11 Å². The standard InChI is InChI=1S/C12H18BrNO3S/c1-12(2,3)14-18(16,17)11-8-10(13)5-4-9(11)6-7-15/h4-5,8,14-15H,6-7H2,1-3H3. The molecule has 0 fully saturated rings. The van der Waals surface area contributed by atoms with Gasteiger partial charge < -0.3 is 5.11 Å². The number of benzene rings is 1. The number of hydrogen-bond donors (Lipinski definition) is 2. The zero-order chi connectivity index (χ0) is 14.0. The summed E-state index contributed by atoms with van der Waals surface area (Å²) in [5.41, 5.74) is 0.0647. The Morgan fingerprint density at radius 2 is 1.94 bits per heavy atom. The van der Waals surface area contributed by atoms with Crippen molar-refractivity contribution in [1.29, 1.82) is 0 Å². The number of halogens is 1. The lowest BCUT2D eigenvalue weighted by molar-refractivity contribution is 0.298. The summed E-state index contributed by atoms with van der Waals surface area (Å²) in [4.78, 5) is 0.209. The van der Waals surface area contributed by atoms with Crippen molar-refractivity contribution in [3.63, 3.8) is 0 Å². The molecule has 1 rings (SSSR count). The molecule has 18 heavy (non-hydrogen) atoms. The molecule has 6 heteroatoms. The fourth-order valence-electron chi connectivity index (χ4n) is 1.56. The van der Waals surface area contributed by atoms with E-state index >= 15 is 0 Å². The highest BCUT2D eigenvalue weighted by Crippen LogP contribution is 2.23. The Bertz CT molecular complexity index is 521. The van der Waals surface area contributed by atoms with Crippen LogP contribution in [0.4, 0.5) is 0 Å². The molecular formula is C12H18BrNO3S. The van der Waals surface area contributed by atoms with Crippen molar-refractivity contribution in [2.75, 3.05) is 6.61 Å². The normalized spacial score (nSPS) is 12.7. The van der Waals surface area contributed by atoms with Crippen LogP contribution in [0, 0.1) is 0 Å². The second kappa shape index (κ2) is 5.69. The van der Waals surface area contributed by atoms with Crippen LogP contribution in [0.3, 0.4) is 0 Å². The van der Waals surface area contributed by atoms with Crippen LogP contribution in [0.25, 0.3) is 0 Å². The van der Waals surface area contributed by atoms with Gasteiger partial charge >= 0.3 is 0 Å². The number of hydrogen-bond acceptors (Lipinski definition) is 3. The lowest BCUT2D eigenvalue weighted by Gasteiger charge is -2.21. The molecule has 0 aliphatic carbocycles. The molecule has 0 amide bonds. The highest BCUT2D eigenvalue weighted by Gasteiger charge is 2.24. The first-order valence-corrected chi connectivity index (χ1v) is 7.86. The first kappa shape index (κ1) is 15.6. The molecule has 0 radical (unpaired) electrons. The molecule has 0 saturated carbocycles. The zero-order valence-electron chi connectivity index (χ0n) is 10.7. The summed E-state index contributed by atoms with van der Waals surface area (Å²) in [6.45, 7) is 5.27. The number of rotatable bonds is 4. The number of aliphatic hydroxyl groups is 1. The van der Waals surface area contributed by atoms with Gasteiger partial charge in [0.2, 0.25) is 10.0 Å². The average Bonchev–Trinajstić information content (AvgIpc) is 2.17. The molecule has 0 unspecified atom stereocenters. The fourth-order valence-corrected chi connectivity index (χ4v) is 3.79. The molecule has 1 aromatic rings. The molecule has 0 saturated heterocycles. The van der Waals surface area contributed by atoms with Gasteiger partial charge in [0.1, 0.15) is 0 Å². The number of aliphatic hydroxyl groups excluding tert-OH is 1. The summed E-state index contributed by atoms with van der Waals surface area (Å²) in [5.74, 6) is 0. The molecule has 0 aromatic heterocycles. The molecule has 0 aliphatic rings. The number of nitrogens with one attached hydrogen (secondary N) is 1. The molecule has 0 spiro atoms. The lowest BCUT2D eigenvalue weighted by atomic mass is 10.1. The van der Waals surface area contributed by atoms with Gasteiger partial charge in [-0.25, -0.2) is 13.1 Å².